The van der Waals surface area contributed by atoms with Crippen LogP contribution >= 0.6 is 0 Å². The zero-order chi connectivity index (χ0) is 18.9. The van der Waals surface area contributed by atoms with Crippen molar-refractivity contribution in [3.63, 3.8) is 0 Å². The van der Waals surface area contributed by atoms with Gasteiger partial charge >= 0.3 is 0 Å². The summed E-state index contributed by atoms with van der Waals surface area (Å²) in [5, 5.41) is 10.0. The van der Waals surface area contributed by atoms with Crippen LogP contribution in [0.3, 0.4) is 0 Å². The van der Waals surface area contributed by atoms with E-state index in [0.29, 0.717) is 0 Å². The fourth-order valence-electron chi connectivity index (χ4n) is 2.27. The molecule has 0 saturated carbocycles. The van der Waals surface area contributed by atoms with Gasteiger partial charge in [-0.15, -0.1) is 0 Å². The summed E-state index contributed by atoms with van der Waals surface area (Å²) in [5.41, 5.74) is -6.25. The van der Waals surface area contributed by atoms with Gasteiger partial charge in [-0.3, -0.25) is 0 Å². The Balaban J connectivity index is 2.87. The second-order valence-corrected chi connectivity index (χ2v) is 5.74. The molecule has 1 heterocycles. The molecular weight excluding hydrogens is 348 g/mol. The van der Waals surface area contributed by atoms with E-state index in [2.05, 4.69) is 4.98 Å². The number of halogens is 6. The molecule has 2 aromatic rings. The Hall–Kier alpha value is -2.35. The highest BCUT2D eigenvalue weighted by atomic mass is 19.3. The van der Waals surface area contributed by atoms with Gasteiger partial charge in [0.1, 0.15) is 17.2 Å². The van der Waals surface area contributed by atoms with Crippen molar-refractivity contribution in [1.82, 2.24) is 4.98 Å². The molecule has 0 spiro atoms. The highest BCUT2D eigenvalue weighted by Crippen LogP contribution is 2.36. The van der Waals surface area contributed by atoms with Gasteiger partial charge in [0.15, 0.2) is 11.6 Å². The predicted octanol–water partition coefficient (Wildman–Crippen LogP) is 4.97. The van der Waals surface area contributed by atoms with Crippen molar-refractivity contribution in [2.45, 2.75) is 25.9 Å². The lowest BCUT2D eigenvalue weighted by Crippen LogP contribution is -2.23. The smallest absolute Gasteiger partial charge is 0.268 e. The van der Waals surface area contributed by atoms with Gasteiger partial charge in [0.05, 0.1) is 23.1 Å². The van der Waals surface area contributed by atoms with Crippen molar-refractivity contribution in [3.05, 3.63) is 59.3 Å². The number of alkyl halides is 2. The van der Waals surface area contributed by atoms with Crippen molar-refractivity contribution in [1.29, 1.82) is 0 Å². The number of pyridine rings is 1. The third-order valence-corrected chi connectivity index (χ3v) is 3.43. The number of allylic oxidation sites excluding steroid dienone is 1. The normalized spacial score (nSPS) is 12.8. The Kier molecular flexibility index (Phi) is 5.22. The van der Waals surface area contributed by atoms with Crippen LogP contribution in [0.1, 0.15) is 25.1 Å². The zero-order valence-corrected chi connectivity index (χ0v) is 13.1. The summed E-state index contributed by atoms with van der Waals surface area (Å²) in [7, 11) is 0. The molecule has 1 aromatic carbocycles. The Morgan fingerprint density at radius 3 is 2.08 bits per heavy atom. The zero-order valence-electron chi connectivity index (χ0n) is 13.1. The van der Waals surface area contributed by atoms with E-state index >= 15 is 0 Å². The number of benzene rings is 1. The quantitative estimate of drug-likeness (QED) is 0.780. The van der Waals surface area contributed by atoms with Crippen molar-refractivity contribution in [3.8, 4) is 11.3 Å². The fraction of sp³-hybridized carbons (Fsp3) is 0.235. The van der Waals surface area contributed by atoms with Crippen LogP contribution in [0.4, 0.5) is 26.3 Å². The second-order valence-electron chi connectivity index (χ2n) is 5.74. The molecule has 1 N–H and O–H groups in total. The SMILES string of the molecule is CC(C)(O)c1c(F)c(C(=CF)C(F)F)nc(-c2ccc(F)cc2)c1F. The van der Waals surface area contributed by atoms with Gasteiger partial charge in [-0.2, -0.15) is 0 Å². The molecule has 0 radical (unpaired) electrons. The summed E-state index contributed by atoms with van der Waals surface area (Å²) < 4.78 is 81.0. The number of hydrogen-bond acceptors (Lipinski definition) is 2. The molecule has 2 nitrogen and oxygen atoms in total. The first-order valence-corrected chi connectivity index (χ1v) is 7.04. The molecule has 0 aliphatic carbocycles. The van der Waals surface area contributed by atoms with Crippen molar-refractivity contribution in [2.24, 2.45) is 0 Å². The Morgan fingerprint density at radius 1 is 1.08 bits per heavy atom. The fourth-order valence-corrected chi connectivity index (χ4v) is 2.27. The van der Waals surface area contributed by atoms with E-state index in [9.17, 15) is 31.4 Å². The molecule has 0 aliphatic heterocycles. The van der Waals surface area contributed by atoms with Gasteiger partial charge in [0, 0.05) is 5.56 Å². The number of aliphatic hydroxyl groups is 1. The summed E-state index contributed by atoms with van der Waals surface area (Å²) in [4.78, 5) is 3.47. The summed E-state index contributed by atoms with van der Waals surface area (Å²) >= 11 is 0. The molecule has 134 valence electrons. The van der Waals surface area contributed by atoms with E-state index < -0.39 is 58.3 Å². The molecule has 0 unspecified atom stereocenters. The van der Waals surface area contributed by atoms with Gasteiger partial charge in [0.25, 0.3) is 6.43 Å². The van der Waals surface area contributed by atoms with Crippen LogP contribution in [0.15, 0.2) is 30.6 Å². The minimum Gasteiger partial charge on any atom is -0.386 e. The standard InChI is InChI=1S/C17H13F6NO/c1-17(2,25)11-12(20)14(8-3-5-9(19)6-4-8)24-15(13(11)21)10(7-18)16(22)23/h3-7,16,25H,1-2H3. The molecule has 0 aliphatic rings. The third kappa shape index (κ3) is 3.68. The maximum atomic E-state index is 14.7. The predicted molar refractivity (Wildman–Crippen MR) is 79.9 cm³/mol. The molecule has 2 rings (SSSR count). The average Bonchev–Trinajstić information content (AvgIpc) is 2.49. The average molecular weight is 361 g/mol. The third-order valence-electron chi connectivity index (χ3n) is 3.43. The Morgan fingerprint density at radius 2 is 1.64 bits per heavy atom. The lowest BCUT2D eigenvalue weighted by Gasteiger charge is -2.22. The van der Waals surface area contributed by atoms with E-state index in [-0.39, 0.29) is 5.56 Å². The van der Waals surface area contributed by atoms with Gasteiger partial charge in [0.2, 0.25) is 0 Å². The largest absolute Gasteiger partial charge is 0.386 e. The monoisotopic (exact) mass is 361 g/mol. The maximum Gasteiger partial charge on any atom is 0.268 e. The first-order chi connectivity index (χ1) is 11.6. The van der Waals surface area contributed by atoms with Crippen LogP contribution in [0, 0.1) is 17.5 Å². The van der Waals surface area contributed by atoms with Crippen LogP contribution in [0.5, 0.6) is 0 Å². The molecule has 0 amide bonds. The molecule has 1 aromatic heterocycles. The molecule has 0 fully saturated rings. The highest BCUT2D eigenvalue weighted by Gasteiger charge is 2.33. The molecular formula is C17H13F6NO. The van der Waals surface area contributed by atoms with E-state index in [1.807, 2.05) is 0 Å². The van der Waals surface area contributed by atoms with E-state index in [4.69, 9.17) is 0 Å². The van der Waals surface area contributed by atoms with Gasteiger partial charge in [-0.25, -0.2) is 31.3 Å². The molecule has 25 heavy (non-hydrogen) atoms. The van der Waals surface area contributed by atoms with Gasteiger partial charge in [-0.1, -0.05) is 0 Å². The highest BCUT2D eigenvalue weighted by molar-refractivity contribution is 5.70. The van der Waals surface area contributed by atoms with Crippen LogP contribution < -0.4 is 0 Å². The number of aromatic nitrogens is 1. The Labute approximate surface area is 139 Å². The lowest BCUT2D eigenvalue weighted by atomic mass is 9.93. The molecule has 0 bridgehead atoms. The van der Waals surface area contributed by atoms with Crippen LogP contribution in [0.25, 0.3) is 16.8 Å². The van der Waals surface area contributed by atoms with Gasteiger partial charge < -0.3 is 5.11 Å². The van der Waals surface area contributed by atoms with Crippen LogP contribution in [0.2, 0.25) is 0 Å². The number of rotatable bonds is 4. The van der Waals surface area contributed by atoms with Crippen molar-refractivity contribution < 1.29 is 31.4 Å². The Bertz CT molecular complexity index is 809. The molecule has 0 saturated heterocycles. The van der Waals surface area contributed by atoms with E-state index in [1.165, 1.54) is 0 Å². The maximum absolute atomic E-state index is 14.7. The second kappa shape index (κ2) is 6.87. The number of nitrogens with zero attached hydrogens (tertiary/aromatic N) is 1. The summed E-state index contributed by atoms with van der Waals surface area (Å²) in [6.07, 6.45) is -3.95. The summed E-state index contributed by atoms with van der Waals surface area (Å²) in [6, 6.07) is 4.11. The first-order valence-electron chi connectivity index (χ1n) is 7.04. The number of hydrogen-bond donors (Lipinski definition) is 1. The summed E-state index contributed by atoms with van der Waals surface area (Å²) in [5.74, 6) is -3.56. The van der Waals surface area contributed by atoms with E-state index in [1.54, 1.807) is 0 Å². The lowest BCUT2D eigenvalue weighted by molar-refractivity contribution is 0.0699. The van der Waals surface area contributed by atoms with E-state index in [0.717, 1.165) is 38.1 Å². The van der Waals surface area contributed by atoms with Gasteiger partial charge in [-0.05, 0) is 38.1 Å². The topological polar surface area (TPSA) is 33.1 Å². The summed E-state index contributed by atoms with van der Waals surface area (Å²) in [6.45, 7) is 2.07. The van der Waals surface area contributed by atoms with Crippen LogP contribution in [-0.4, -0.2) is 16.5 Å². The van der Waals surface area contributed by atoms with Crippen molar-refractivity contribution >= 4 is 5.57 Å². The van der Waals surface area contributed by atoms with Crippen LogP contribution in [-0.2, 0) is 5.60 Å². The van der Waals surface area contributed by atoms with Crippen molar-refractivity contribution in [2.75, 3.05) is 0 Å². The minimum absolute atomic E-state index is 0.0573. The first kappa shape index (κ1) is 19.0. The minimum atomic E-state index is -3.42. The molecule has 8 heteroatoms. The molecule has 0 atom stereocenters.